The number of hydrogen-bond donors (Lipinski definition) is 2. The lowest BCUT2D eigenvalue weighted by atomic mass is 10.1. The highest BCUT2D eigenvalue weighted by molar-refractivity contribution is 6.05. The van der Waals surface area contributed by atoms with Crippen LogP contribution in [0, 0.1) is 0 Å². The maximum Gasteiger partial charge on any atom is 0.337 e. The smallest absolute Gasteiger partial charge is 0.337 e. The number of nitrogens with zero attached hydrogens (tertiary/aromatic N) is 2. The van der Waals surface area contributed by atoms with E-state index in [-0.39, 0.29) is 35.1 Å². The van der Waals surface area contributed by atoms with Crippen LogP contribution >= 0.6 is 0 Å². The van der Waals surface area contributed by atoms with Crippen LogP contribution in [0.15, 0.2) is 42.5 Å². The number of rotatable bonds is 4. The van der Waals surface area contributed by atoms with Gasteiger partial charge in [-0.2, -0.15) is 0 Å². The predicted octanol–water partition coefficient (Wildman–Crippen LogP) is 2.07. The summed E-state index contributed by atoms with van der Waals surface area (Å²) in [7, 11) is 2.41. The van der Waals surface area contributed by atoms with Gasteiger partial charge in [-0.25, -0.2) is 19.1 Å². The van der Waals surface area contributed by atoms with Crippen molar-refractivity contribution in [3.8, 4) is 0 Å². The van der Waals surface area contributed by atoms with Crippen LogP contribution in [0.4, 0.5) is 11.6 Å². The molecule has 1 amide bonds. The van der Waals surface area contributed by atoms with E-state index >= 15 is 0 Å². The largest absolute Gasteiger partial charge is 0.465 e. The van der Waals surface area contributed by atoms with Crippen molar-refractivity contribution in [2.75, 3.05) is 24.9 Å². The molecule has 0 fully saturated rings. The van der Waals surface area contributed by atoms with Gasteiger partial charge in [-0.15, -0.1) is 0 Å². The normalized spacial score (nSPS) is 15.0. The molecule has 0 saturated heterocycles. The number of methoxy groups -OCH3 is 2. The zero-order chi connectivity index (χ0) is 22.1. The maximum absolute atomic E-state index is 12.8. The summed E-state index contributed by atoms with van der Waals surface area (Å²) in [4.78, 5) is 53.7. The Morgan fingerprint density at radius 1 is 1.06 bits per heavy atom. The first-order chi connectivity index (χ1) is 14.9. The molecule has 1 atom stereocenters. The van der Waals surface area contributed by atoms with Crippen molar-refractivity contribution in [3.63, 3.8) is 0 Å². The van der Waals surface area contributed by atoms with E-state index in [0.29, 0.717) is 11.0 Å². The van der Waals surface area contributed by atoms with Gasteiger partial charge in [0.15, 0.2) is 0 Å². The second kappa shape index (κ2) is 7.90. The van der Waals surface area contributed by atoms with Crippen LogP contribution in [0.2, 0.25) is 0 Å². The van der Waals surface area contributed by atoms with Crippen LogP contribution in [-0.2, 0) is 14.3 Å². The highest BCUT2D eigenvalue weighted by Crippen LogP contribution is 2.25. The van der Waals surface area contributed by atoms with Crippen molar-refractivity contribution in [1.82, 2.24) is 9.55 Å². The van der Waals surface area contributed by atoms with Crippen molar-refractivity contribution in [1.29, 1.82) is 0 Å². The number of aromatic nitrogens is 2. The molecule has 2 aromatic carbocycles. The molecule has 3 aromatic rings. The van der Waals surface area contributed by atoms with Gasteiger partial charge in [-0.3, -0.25) is 9.59 Å². The third kappa shape index (κ3) is 3.70. The molecular formula is C21H18N4O6. The van der Waals surface area contributed by atoms with Gasteiger partial charge in [0.1, 0.15) is 6.04 Å². The summed E-state index contributed by atoms with van der Waals surface area (Å²) in [6, 6.07) is 10.3. The second-order valence-corrected chi connectivity index (χ2v) is 6.83. The highest BCUT2D eigenvalue weighted by atomic mass is 16.5. The molecule has 1 unspecified atom stereocenters. The van der Waals surface area contributed by atoms with E-state index in [4.69, 9.17) is 9.47 Å². The van der Waals surface area contributed by atoms with Crippen LogP contribution in [-0.4, -0.2) is 53.6 Å². The van der Waals surface area contributed by atoms with Crippen LogP contribution in [0.1, 0.15) is 31.9 Å². The zero-order valence-electron chi connectivity index (χ0n) is 16.7. The number of ether oxygens (including phenoxy) is 2. The minimum atomic E-state index is -0.889. The van der Waals surface area contributed by atoms with Gasteiger partial charge in [0.2, 0.25) is 17.8 Å². The molecule has 0 spiro atoms. The fraction of sp³-hybridized carbons (Fsp3) is 0.190. The number of imidazole rings is 1. The molecule has 0 aliphatic carbocycles. The Morgan fingerprint density at radius 2 is 1.71 bits per heavy atom. The molecule has 1 aliphatic heterocycles. The molecule has 2 heterocycles. The van der Waals surface area contributed by atoms with Crippen molar-refractivity contribution >= 4 is 46.4 Å². The van der Waals surface area contributed by atoms with Gasteiger partial charge in [0, 0.05) is 5.69 Å². The summed E-state index contributed by atoms with van der Waals surface area (Å²) in [5.41, 5.74) is 1.60. The van der Waals surface area contributed by atoms with Crippen molar-refractivity contribution < 1.29 is 28.7 Å². The average molecular weight is 422 g/mol. The molecular weight excluding hydrogens is 404 g/mol. The summed E-state index contributed by atoms with van der Waals surface area (Å²) in [5.74, 6) is -1.89. The SMILES string of the molecule is COC(=O)c1cc(NC(=O)C2CC(=O)n3c(nc4ccccc43)N2)cc(C(=O)OC)c1. The van der Waals surface area contributed by atoms with E-state index in [2.05, 4.69) is 15.6 Å². The third-order valence-corrected chi connectivity index (χ3v) is 4.85. The Morgan fingerprint density at radius 3 is 2.35 bits per heavy atom. The van der Waals surface area contributed by atoms with E-state index in [1.54, 1.807) is 18.2 Å². The number of nitrogens with one attached hydrogen (secondary N) is 2. The molecule has 0 bridgehead atoms. The molecule has 4 rings (SSSR count). The summed E-state index contributed by atoms with van der Waals surface area (Å²) in [6.07, 6.45) is -0.0975. The maximum atomic E-state index is 12.8. The minimum absolute atomic E-state index is 0.0650. The van der Waals surface area contributed by atoms with Crippen molar-refractivity contribution in [2.24, 2.45) is 0 Å². The predicted molar refractivity (Wildman–Crippen MR) is 110 cm³/mol. The van der Waals surface area contributed by atoms with E-state index in [9.17, 15) is 19.2 Å². The minimum Gasteiger partial charge on any atom is -0.465 e. The van der Waals surface area contributed by atoms with Crippen LogP contribution < -0.4 is 10.6 Å². The van der Waals surface area contributed by atoms with Crippen LogP contribution in [0.5, 0.6) is 0 Å². The van der Waals surface area contributed by atoms with E-state index in [1.807, 2.05) is 6.07 Å². The van der Waals surface area contributed by atoms with Crippen molar-refractivity contribution in [2.45, 2.75) is 12.5 Å². The molecule has 2 N–H and O–H groups in total. The summed E-state index contributed by atoms with van der Waals surface area (Å²) >= 11 is 0. The summed E-state index contributed by atoms with van der Waals surface area (Å²) < 4.78 is 10.8. The molecule has 1 aromatic heterocycles. The van der Waals surface area contributed by atoms with Crippen molar-refractivity contribution in [3.05, 3.63) is 53.6 Å². The van der Waals surface area contributed by atoms with E-state index < -0.39 is 23.9 Å². The number of amides is 1. The van der Waals surface area contributed by atoms with Crippen LogP contribution in [0.3, 0.4) is 0 Å². The first-order valence-corrected chi connectivity index (χ1v) is 9.31. The Balaban J connectivity index is 1.60. The third-order valence-electron chi connectivity index (χ3n) is 4.85. The zero-order valence-corrected chi connectivity index (χ0v) is 16.7. The molecule has 31 heavy (non-hydrogen) atoms. The number of benzene rings is 2. The quantitative estimate of drug-likeness (QED) is 0.612. The topological polar surface area (TPSA) is 129 Å². The summed E-state index contributed by atoms with van der Waals surface area (Å²) in [5, 5.41) is 5.60. The van der Waals surface area contributed by atoms with Gasteiger partial charge in [-0.1, -0.05) is 12.1 Å². The second-order valence-electron chi connectivity index (χ2n) is 6.83. The Labute approximate surface area is 176 Å². The van der Waals surface area contributed by atoms with Crippen LogP contribution in [0.25, 0.3) is 11.0 Å². The highest BCUT2D eigenvalue weighted by Gasteiger charge is 2.32. The number of hydrogen-bond acceptors (Lipinski definition) is 8. The fourth-order valence-electron chi connectivity index (χ4n) is 3.41. The number of para-hydroxylation sites is 2. The van der Waals surface area contributed by atoms with Gasteiger partial charge < -0.3 is 20.1 Å². The molecule has 10 nitrogen and oxygen atoms in total. The number of carbonyl (C=O) groups excluding carboxylic acids is 4. The lowest BCUT2D eigenvalue weighted by Gasteiger charge is -2.24. The first-order valence-electron chi connectivity index (χ1n) is 9.31. The Bertz CT molecular complexity index is 1200. The summed E-state index contributed by atoms with van der Waals surface area (Å²) in [6.45, 7) is 0. The number of carbonyl (C=O) groups is 4. The van der Waals surface area contributed by atoms with E-state index in [0.717, 1.165) is 0 Å². The number of esters is 2. The molecule has 0 saturated carbocycles. The Hall–Kier alpha value is -4.21. The fourth-order valence-corrected chi connectivity index (χ4v) is 3.41. The Kier molecular flexibility index (Phi) is 5.12. The molecule has 1 aliphatic rings. The first kappa shape index (κ1) is 20.1. The molecule has 158 valence electrons. The average Bonchev–Trinajstić information content (AvgIpc) is 3.16. The molecule has 10 heteroatoms. The van der Waals surface area contributed by atoms with Gasteiger partial charge >= 0.3 is 11.9 Å². The molecule has 0 radical (unpaired) electrons. The van der Waals surface area contributed by atoms with Gasteiger partial charge in [0.05, 0.1) is 42.8 Å². The van der Waals surface area contributed by atoms with Gasteiger partial charge in [-0.05, 0) is 30.3 Å². The number of anilines is 2. The number of fused-ring (bicyclic) bond motifs is 3. The monoisotopic (exact) mass is 422 g/mol. The standard InChI is InChI=1S/C21H18N4O6/c1-30-19(28)11-7-12(20(29)31-2)9-13(8-11)22-18(27)15-10-17(26)25-16-6-4-3-5-14(16)23-21(25)24-15/h3-9,15H,10H2,1-2H3,(H,22,27)(H,23,24). The lowest BCUT2D eigenvalue weighted by molar-refractivity contribution is -0.117. The van der Waals surface area contributed by atoms with Gasteiger partial charge in [0.25, 0.3) is 0 Å². The van der Waals surface area contributed by atoms with E-state index in [1.165, 1.54) is 37.0 Å². The lowest BCUT2D eigenvalue weighted by Crippen LogP contribution is -2.42.